The van der Waals surface area contributed by atoms with Crippen molar-refractivity contribution in [2.45, 2.75) is 64.6 Å². The zero-order valence-corrected chi connectivity index (χ0v) is 12.4. The van der Waals surface area contributed by atoms with Crippen molar-refractivity contribution >= 4 is 5.97 Å². The molecule has 0 radical (unpaired) electrons. The van der Waals surface area contributed by atoms with Crippen molar-refractivity contribution in [1.29, 1.82) is 0 Å². The number of hydrogen-bond acceptors (Lipinski definition) is 3. The smallest absolute Gasteiger partial charge is 0.320 e. The minimum absolute atomic E-state index is 0.0629. The molecule has 2 N–H and O–H groups in total. The van der Waals surface area contributed by atoms with Gasteiger partial charge in [0.05, 0.1) is 11.7 Å². The van der Waals surface area contributed by atoms with Crippen LogP contribution in [0.3, 0.4) is 0 Å². The van der Waals surface area contributed by atoms with Crippen molar-refractivity contribution < 1.29 is 9.90 Å². The van der Waals surface area contributed by atoms with Gasteiger partial charge < -0.3 is 5.11 Å². The maximum atomic E-state index is 11.1. The van der Waals surface area contributed by atoms with E-state index in [0.29, 0.717) is 12.6 Å². The Morgan fingerprint density at radius 3 is 2.75 bits per heavy atom. The summed E-state index contributed by atoms with van der Waals surface area (Å²) in [5.41, 5.74) is 0.919. The topological polar surface area (TPSA) is 67.2 Å². The first-order valence-electron chi connectivity index (χ1n) is 7.58. The van der Waals surface area contributed by atoms with Crippen molar-refractivity contribution in [3.05, 3.63) is 18.0 Å². The molecule has 0 aliphatic heterocycles. The molecule has 20 heavy (non-hydrogen) atoms. The van der Waals surface area contributed by atoms with Crippen LogP contribution in [-0.2, 0) is 11.3 Å². The predicted octanol–water partition coefficient (Wildman–Crippen LogP) is 2.59. The lowest BCUT2D eigenvalue weighted by atomic mass is 9.96. The van der Waals surface area contributed by atoms with Gasteiger partial charge in [0.2, 0.25) is 0 Å². The second-order valence-electron chi connectivity index (χ2n) is 6.02. The van der Waals surface area contributed by atoms with E-state index in [1.807, 2.05) is 26.1 Å². The summed E-state index contributed by atoms with van der Waals surface area (Å²) in [6, 6.07) is 1.99. The highest BCUT2D eigenvalue weighted by Crippen LogP contribution is 2.27. The molecule has 1 aliphatic rings. The van der Waals surface area contributed by atoms with E-state index in [1.54, 1.807) is 0 Å². The minimum atomic E-state index is -0.799. The van der Waals surface area contributed by atoms with Crippen LogP contribution in [0.1, 0.15) is 57.7 Å². The maximum absolute atomic E-state index is 11.1. The molecule has 5 nitrogen and oxygen atoms in total. The summed E-state index contributed by atoms with van der Waals surface area (Å²) in [5, 5.41) is 16.8. The Balaban J connectivity index is 1.90. The molecule has 1 aromatic heterocycles. The molecule has 0 bridgehead atoms. The highest BCUT2D eigenvalue weighted by atomic mass is 16.4. The second kappa shape index (κ2) is 6.88. The van der Waals surface area contributed by atoms with Crippen LogP contribution < -0.4 is 5.32 Å². The fourth-order valence-corrected chi connectivity index (χ4v) is 2.84. The summed E-state index contributed by atoms with van der Waals surface area (Å²) in [4.78, 5) is 11.1. The van der Waals surface area contributed by atoms with Crippen LogP contribution in [0.2, 0.25) is 0 Å². The molecule has 112 valence electrons. The molecule has 0 amide bonds. The van der Waals surface area contributed by atoms with Crippen molar-refractivity contribution in [2.75, 3.05) is 0 Å². The van der Waals surface area contributed by atoms with Gasteiger partial charge in [0.1, 0.15) is 6.04 Å². The number of carbonyl (C=O) groups is 1. The number of rotatable bonds is 6. The van der Waals surface area contributed by atoms with E-state index in [4.69, 9.17) is 5.11 Å². The summed E-state index contributed by atoms with van der Waals surface area (Å²) < 4.78 is 2.06. The largest absolute Gasteiger partial charge is 0.480 e. The summed E-state index contributed by atoms with van der Waals surface area (Å²) >= 11 is 0. The Morgan fingerprint density at radius 2 is 2.15 bits per heavy atom. The lowest BCUT2D eigenvalue weighted by Crippen LogP contribution is -2.40. The molecule has 1 fully saturated rings. The van der Waals surface area contributed by atoms with Gasteiger partial charge in [-0.15, -0.1) is 0 Å². The number of carboxylic acids is 1. The predicted molar refractivity (Wildman–Crippen MR) is 77.5 cm³/mol. The van der Waals surface area contributed by atoms with Gasteiger partial charge in [0.25, 0.3) is 0 Å². The summed E-state index contributed by atoms with van der Waals surface area (Å²) in [5.74, 6) is -0.736. The van der Waals surface area contributed by atoms with Crippen molar-refractivity contribution in [3.63, 3.8) is 0 Å². The van der Waals surface area contributed by atoms with Crippen LogP contribution >= 0.6 is 0 Å². The van der Waals surface area contributed by atoms with Crippen LogP contribution in [0.5, 0.6) is 0 Å². The Bertz CT molecular complexity index is 436. The lowest BCUT2D eigenvalue weighted by molar-refractivity contribution is -0.140. The van der Waals surface area contributed by atoms with Crippen LogP contribution in [0.4, 0.5) is 0 Å². The van der Waals surface area contributed by atoms with Crippen LogP contribution in [0.15, 0.2) is 12.3 Å². The van der Waals surface area contributed by atoms with Crippen LogP contribution in [0, 0.1) is 5.92 Å². The summed E-state index contributed by atoms with van der Waals surface area (Å²) in [6.45, 7) is 4.33. The normalized spacial score (nSPS) is 18.4. The molecule has 1 heterocycles. The number of aliphatic carboxylic acids is 1. The molecule has 0 spiro atoms. The Labute approximate surface area is 120 Å². The van der Waals surface area contributed by atoms with Crippen LogP contribution in [-0.4, -0.2) is 26.9 Å². The Hall–Kier alpha value is -1.36. The molecule has 1 aliphatic carbocycles. The first-order chi connectivity index (χ1) is 9.58. The second-order valence-corrected chi connectivity index (χ2v) is 6.02. The van der Waals surface area contributed by atoms with Gasteiger partial charge in [-0.3, -0.25) is 14.8 Å². The monoisotopic (exact) mass is 279 g/mol. The maximum Gasteiger partial charge on any atom is 0.320 e. The SMILES string of the molecule is CC(C)C(NCc1ccn(C2CCCCC2)n1)C(=O)O. The zero-order valence-electron chi connectivity index (χ0n) is 12.4. The Morgan fingerprint density at radius 1 is 1.45 bits per heavy atom. The first kappa shape index (κ1) is 15.0. The van der Waals surface area contributed by atoms with E-state index in [2.05, 4.69) is 15.1 Å². The van der Waals surface area contributed by atoms with E-state index in [-0.39, 0.29) is 5.92 Å². The number of aromatic nitrogens is 2. The van der Waals surface area contributed by atoms with Gasteiger partial charge >= 0.3 is 5.97 Å². The van der Waals surface area contributed by atoms with E-state index >= 15 is 0 Å². The fraction of sp³-hybridized carbons (Fsp3) is 0.733. The van der Waals surface area contributed by atoms with E-state index in [1.165, 1.54) is 32.1 Å². The molecule has 2 rings (SSSR count). The quantitative estimate of drug-likeness (QED) is 0.840. The average molecular weight is 279 g/mol. The highest BCUT2D eigenvalue weighted by Gasteiger charge is 2.21. The third kappa shape index (κ3) is 3.82. The van der Waals surface area contributed by atoms with Crippen molar-refractivity contribution in [3.8, 4) is 0 Å². The summed E-state index contributed by atoms with van der Waals surface area (Å²) in [6.07, 6.45) is 8.34. The van der Waals surface area contributed by atoms with Gasteiger partial charge in [0.15, 0.2) is 0 Å². The Kier molecular flexibility index (Phi) is 5.17. The molecular weight excluding hydrogens is 254 g/mol. The number of nitrogens with zero attached hydrogens (tertiary/aromatic N) is 2. The zero-order chi connectivity index (χ0) is 14.5. The molecule has 5 heteroatoms. The molecule has 0 aromatic carbocycles. The van der Waals surface area contributed by atoms with Gasteiger partial charge in [-0.1, -0.05) is 33.1 Å². The van der Waals surface area contributed by atoms with Crippen LogP contribution in [0.25, 0.3) is 0 Å². The van der Waals surface area contributed by atoms with E-state index < -0.39 is 12.0 Å². The van der Waals surface area contributed by atoms with Gasteiger partial charge in [-0.25, -0.2) is 0 Å². The molecule has 1 aromatic rings. The average Bonchev–Trinajstić information content (AvgIpc) is 2.88. The number of nitrogens with one attached hydrogen (secondary N) is 1. The molecule has 1 atom stereocenters. The van der Waals surface area contributed by atoms with E-state index in [9.17, 15) is 4.79 Å². The van der Waals surface area contributed by atoms with Crippen molar-refractivity contribution in [2.24, 2.45) is 5.92 Å². The minimum Gasteiger partial charge on any atom is -0.480 e. The summed E-state index contributed by atoms with van der Waals surface area (Å²) in [7, 11) is 0. The molecule has 1 saturated carbocycles. The van der Waals surface area contributed by atoms with Gasteiger partial charge in [-0.2, -0.15) is 5.10 Å². The molecule has 0 saturated heterocycles. The number of hydrogen-bond donors (Lipinski definition) is 2. The number of carboxylic acid groups (broad SMARTS) is 1. The lowest BCUT2D eigenvalue weighted by Gasteiger charge is -2.22. The fourth-order valence-electron chi connectivity index (χ4n) is 2.84. The van der Waals surface area contributed by atoms with Crippen molar-refractivity contribution in [1.82, 2.24) is 15.1 Å². The third-order valence-corrected chi connectivity index (χ3v) is 4.05. The first-order valence-corrected chi connectivity index (χ1v) is 7.58. The van der Waals surface area contributed by atoms with Gasteiger partial charge in [-0.05, 0) is 24.8 Å². The molecule has 1 unspecified atom stereocenters. The third-order valence-electron chi connectivity index (χ3n) is 4.05. The standard InChI is InChI=1S/C15H25N3O2/c1-11(2)14(15(19)20)16-10-12-8-9-18(17-12)13-6-4-3-5-7-13/h8-9,11,13-14,16H,3-7,10H2,1-2H3,(H,19,20). The molecular formula is C15H25N3O2. The highest BCUT2D eigenvalue weighted by molar-refractivity contribution is 5.73. The van der Waals surface area contributed by atoms with Gasteiger partial charge in [0, 0.05) is 12.7 Å². The van der Waals surface area contributed by atoms with E-state index in [0.717, 1.165) is 5.69 Å².